The fraction of sp³-hybridized carbons (Fsp3) is 0.500. The summed E-state index contributed by atoms with van der Waals surface area (Å²) < 4.78 is 0. The zero-order valence-electron chi connectivity index (χ0n) is 12.3. The number of hydrogen-bond acceptors (Lipinski definition) is 1. The molecule has 0 bridgehead atoms. The fourth-order valence-corrected chi connectivity index (χ4v) is 3.58. The predicted molar refractivity (Wildman–Crippen MR) is 82.4 cm³/mol. The molecule has 1 N–H and O–H groups in total. The Morgan fingerprint density at radius 3 is 2.17 bits per heavy atom. The van der Waals surface area contributed by atoms with E-state index in [0.29, 0.717) is 6.42 Å². The van der Waals surface area contributed by atoms with Crippen molar-refractivity contribution in [3.05, 3.63) is 47.7 Å². The number of hydrogen-bond donors (Lipinski definition) is 1. The number of aliphatic hydroxyl groups excluding tert-OH is 1. The molecule has 18 heavy (non-hydrogen) atoms. The van der Waals surface area contributed by atoms with Crippen LogP contribution in [0.5, 0.6) is 0 Å². The van der Waals surface area contributed by atoms with Crippen LogP contribution >= 0.6 is 0 Å². The van der Waals surface area contributed by atoms with Gasteiger partial charge in [-0.05, 0) is 17.0 Å². The average Bonchev–Trinajstić information content (AvgIpc) is 2.28. The molecule has 0 aliphatic carbocycles. The standard InChI is InChI=1S/C16H26OSi/c1-13(18(5,6)16(2,3)4)12-15(17)14-10-8-7-9-11-14/h7-11,15,17H,1,12H2,2-6H3. The minimum atomic E-state index is -1.56. The quantitative estimate of drug-likeness (QED) is 0.779. The maximum atomic E-state index is 10.3. The molecule has 0 fully saturated rings. The first-order valence-electron chi connectivity index (χ1n) is 6.57. The Bertz CT molecular complexity index is 401. The lowest BCUT2D eigenvalue weighted by Crippen LogP contribution is -2.39. The zero-order valence-corrected chi connectivity index (χ0v) is 13.3. The molecule has 1 nitrogen and oxygen atoms in total. The third-order valence-corrected chi connectivity index (χ3v) is 10.1. The van der Waals surface area contributed by atoms with Crippen LogP contribution in [0.1, 0.15) is 38.9 Å². The molecule has 100 valence electrons. The minimum absolute atomic E-state index is 0.278. The molecular formula is C16H26OSi. The Balaban J connectivity index is 2.78. The lowest BCUT2D eigenvalue weighted by Gasteiger charge is -2.39. The first-order chi connectivity index (χ1) is 8.16. The summed E-state index contributed by atoms with van der Waals surface area (Å²) >= 11 is 0. The molecule has 2 heteroatoms. The van der Waals surface area contributed by atoms with Gasteiger partial charge in [-0.3, -0.25) is 0 Å². The van der Waals surface area contributed by atoms with Crippen LogP contribution in [0.15, 0.2) is 42.1 Å². The van der Waals surface area contributed by atoms with Crippen molar-refractivity contribution in [1.82, 2.24) is 0 Å². The summed E-state index contributed by atoms with van der Waals surface area (Å²) in [5.74, 6) is 0. The van der Waals surface area contributed by atoms with Gasteiger partial charge in [0, 0.05) is 0 Å². The zero-order chi connectivity index (χ0) is 14.0. The van der Waals surface area contributed by atoms with E-state index in [9.17, 15) is 5.11 Å². The van der Waals surface area contributed by atoms with E-state index < -0.39 is 14.2 Å². The highest BCUT2D eigenvalue weighted by molar-refractivity contribution is 6.86. The van der Waals surface area contributed by atoms with Crippen molar-refractivity contribution in [1.29, 1.82) is 0 Å². The molecule has 1 aromatic rings. The summed E-state index contributed by atoms with van der Waals surface area (Å²) in [5, 5.41) is 11.8. The van der Waals surface area contributed by atoms with Crippen LogP contribution in [-0.4, -0.2) is 13.2 Å². The Kier molecular flexibility index (Phi) is 4.57. The Morgan fingerprint density at radius 1 is 1.22 bits per heavy atom. The van der Waals surface area contributed by atoms with Crippen LogP contribution in [0.3, 0.4) is 0 Å². The highest BCUT2D eigenvalue weighted by Crippen LogP contribution is 2.42. The van der Waals surface area contributed by atoms with E-state index in [1.54, 1.807) is 0 Å². The predicted octanol–water partition coefficient (Wildman–Crippen LogP) is 4.71. The maximum Gasteiger partial charge on any atom is 0.0823 e. The van der Waals surface area contributed by atoms with Crippen LogP contribution in [0, 0.1) is 0 Å². The van der Waals surface area contributed by atoms with Crippen LogP contribution < -0.4 is 0 Å². The van der Waals surface area contributed by atoms with Crippen molar-refractivity contribution < 1.29 is 5.11 Å². The minimum Gasteiger partial charge on any atom is -0.388 e. The largest absolute Gasteiger partial charge is 0.388 e. The number of aliphatic hydroxyl groups is 1. The van der Waals surface area contributed by atoms with Crippen LogP contribution in [0.25, 0.3) is 0 Å². The van der Waals surface area contributed by atoms with Crippen molar-refractivity contribution >= 4 is 8.07 Å². The second kappa shape index (κ2) is 5.41. The highest BCUT2D eigenvalue weighted by Gasteiger charge is 2.37. The highest BCUT2D eigenvalue weighted by atomic mass is 28.3. The molecule has 0 radical (unpaired) electrons. The summed E-state index contributed by atoms with van der Waals surface area (Å²) in [6, 6.07) is 9.85. The van der Waals surface area contributed by atoms with Crippen LogP contribution in [0.4, 0.5) is 0 Å². The molecule has 1 unspecified atom stereocenters. The van der Waals surface area contributed by atoms with Crippen LogP contribution in [-0.2, 0) is 0 Å². The third-order valence-electron chi connectivity index (χ3n) is 4.38. The van der Waals surface area contributed by atoms with Crippen molar-refractivity contribution in [2.75, 3.05) is 0 Å². The molecule has 0 heterocycles. The van der Waals surface area contributed by atoms with Gasteiger partial charge in [-0.15, -0.1) is 6.58 Å². The monoisotopic (exact) mass is 262 g/mol. The van der Waals surface area contributed by atoms with E-state index in [4.69, 9.17) is 0 Å². The Morgan fingerprint density at radius 2 is 1.72 bits per heavy atom. The summed E-state index contributed by atoms with van der Waals surface area (Å²) in [7, 11) is -1.56. The fourth-order valence-electron chi connectivity index (χ4n) is 1.81. The van der Waals surface area contributed by atoms with E-state index in [2.05, 4.69) is 40.4 Å². The number of rotatable bonds is 4. The normalized spacial score (nSPS) is 14.3. The molecule has 0 spiro atoms. The van der Waals surface area contributed by atoms with Crippen LogP contribution in [0.2, 0.25) is 18.1 Å². The molecule has 0 aliphatic heterocycles. The molecule has 1 aromatic carbocycles. The molecule has 0 aliphatic rings. The van der Waals surface area contributed by atoms with Gasteiger partial charge in [-0.1, -0.05) is 69.4 Å². The first kappa shape index (κ1) is 15.2. The summed E-state index contributed by atoms with van der Waals surface area (Å²) in [6.07, 6.45) is 0.258. The number of benzene rings is 1. The maximum absolute atomic E-state index is 10.3. The van der Waals surface area contributed by atoms with E-state index in [1.807, 2.05) is 30.3 Å². The van der Waals surface area contributed by atoms with Gasteiger partial charge in [-0.25, -0.2) is 0 Å². The van der Waals surface area contributed by atoms with E-state index in [0.717, 1.165) is 5.56 Å². The lowest BCUT2D eigenvalue weighted by molar-refractivity contribution is 0.180. The van der Waals surface area contributed by atoms with Gasteiger partial charge in [-0.2, -0.15) is 0 Å². The summed E-state index contributed by atoms with van der Waals surface area (Å²) in [4.78, 5) is 0. The van der Waals surface area contributed by atoms with Gasteiger partial charge in [0.15, 0.2) is 0 Å². The van der Waals surface area contributed by atoms with Crippen molar-refractivity contribution in [2.24, 2.45) is 0 Å². The molecule has 0 amide bonds. The lowest BCUT2D eigenvalue weighted by atomic mass is 10.1. The molecule has 0 aromatic heterocycles. The van der Waals surface area contributed by atoms with Gasteiger partial charge in [0.05, 0.1) is 14.2 Å². The third kappa shape index (κ3) is 3.33. The van der Waals surface area contributed by atoms with Crippen molar-refractivity contribution in [3.8, 4) is 0 Å². The summed E-state index contributed by atoms with van der Waals surface area (Å²) in [6.45, 7) is 15.8. The molecule has 0 saturated carbocycles. The van der Waals surface area contributed by atoms with Crippen molar-refractivity contribution in [3.63, 3.8) is 0 Å². The Hall–Kier alpha value is -0.863. The van der Waals surface area contributed by atoms with E-state index in [-0.39, 0.29) is 5.04 Å². The van der Waals surface area contributed by atoms with Gasteiger partial charge in [0.25, 0.3) is 0 Å². The molecule has 1 atom stereocenters. The molecule has 0 saturated heterocycles. The smallest absolute Gasteiger partial charge is 0.0823 e. The van der Waals surface area contributed by atoms with Gasteiger partial charge >= 0.3 is 0 Å². The SMILES string of the molecule is C=C(CC(O)c1ccccc1)[Si](C)(C)C(C)(C)C. The summed E-state index contributed by atoms with van der Waals surface area (Å²) in [5.41, 5.74) is 0.984. The van der Waals surface area contributed by atoms with Crippen molar-refractivity contribution in [2.45, 2.75) is 51.4 Å². The van der Waals surface area contributed by atoms with Gasteiger partial charge in [0.2, 0.25) is 0 Å². The second-order valence-corrected chi connectivity index (χ2v) is 12.1. The Labute approximate surface area is 113 Å². The van der Waals surface area contributed by atoms with E-state index in [1.165, 1.54) is 5.20 Å². The first-order valence-corrected chi connectivity index (χ1v) is 9.57. The van der Waals surface area contributed by atoms with Gasteiger partial charge in [0.1, 0.15) is 0 Å². The average molecular weight is 262 g/mol. The van der Waals surface area contributed by atoms with E-state index >= 15 is 0 Å². The molecular weight excluding hydrogens is 236 g/mol. The second-order valence-electron chi connectivity index (χ2n) is 6.61. The topological polar surface area (TPSA) is 20.2 Å². The van der Waals surface area contributed by atoms with Gasteiger partial charge < -0.3 is 5.11 Å². The molecule has 1 rings (SSSR count).